The van der Waals surface area contributed by atoms with E-state index in [0.29, 0.717) is 9.88 Å². The van der Waals surface area contributed by atoms with Crippen LogP contribution in [-0.4, -0.2) is 46.8 Å². The van der Waals surface area contributed by atoms with E-state index in [4.69, 9.17) is 5.26 Å². The Kier molecular flexibility index (Phi) is 4.95. The molecule has 0 radical (unpaired) electrons. The lowest BCUT2D eigenvalue weighted by atomic mass is 10.2. The van der Waals surface area contributed by atoms with Gasteiger partial charge in [-0.1, -0.05) is 30.3 Å². The molecule has 3 rings (SSSR count). The molecular weight excluding hydrogens is 362 g/mol. The highest BCUT2D eigenvalue weighted by Gasteiger charge is 2.47. The second kappa shape index (κ2) is 7.17. The molecule has 1 fully saturated rings. The number of thiazole rings is 1. The molecule has 0 saturated carbocycles. The molecule has 1 saturated heterocycles. The highest BCUT2D eigenvalue weighted by molar-refractivity contribution is 7.16. The zero-order valence-electron chi connectivity index (χ0n) is 13.5. The van der Waals surface area contributed by atoms with Gasteiger partial charge in [-0.2, -0.15) is 5.26 Å². The summed E-state index contributed by atoms with van der Waals surface area (Å²) in [5.74, 6) is -4.31. The van der Waals surface area contributed by atoms with Crippen LogP contribution < -0.4 is 5.32 Å². The van der Waals surface area contributed by atoms with Crippen molar-refractivity contribution in [2.45, 2.75) is 18.4 Å². The van der Waals surface area contributed by atoms with Crippen molar-refractivity contribution in [3.8, 4) is 16.6 Å². The van der Waals surface area contributed by atoms with Crippen LogP contribution in [0.3, 0.4) is 0 Å². The maximum atomic E-state index is 13.4. The molecule has 1 aromatic carbocycles. The van der Waals surface area contributed by atoms with Crippen LogP contribution in [0.15, 0.2) is 36.5 Å². The molecule has 134 valence electrons. The first kappa shape index (κ1) is 17.9. The first-order chi connectivity index (χ1) is 12.4. The van der Waals surface area contributed by atoms with Gasteiger partial charge in [-0.25, -0.2) is 13.8 Å². The number of nitriles is 1. The van der Waals surface area contributed by atoms with Crippen molar-refractivity contribution >= 4 is 23.2 Å². The number of amides is 2. The highest BCUT2D eigenvalue weighted by atomic mass is 32.1. The van der Waals surface area contributed by atoms with Crippen molar-refractivity contribution in [3.63, 3.8) is 0 Å². The molecule has 1 atom stereocenters. The van der Waals surface area contributed by atoms with Gasteiger partial charge in [0.2, 0.25) is 5.91 Å². The summed E-state index contributed by atoms with van der Waals surface area (Å²) in [4.78, 5) is 29.5. The van der Waals surface area contributed by atoms with Gasteiger partial charge >= 0.3 is 0 Å². The van der Waals surface area contributed by atoms with Crippen molar-refractivity contribution in [1.29, 1.82) is 5.26 Å². The van der Waals surface area contributed by atoms with E-state index in [0.717, 1.165) is 21.8 Å². The van der Waals surface area contributed by atoms with Gasteiger partial charge in [0.05, 0.1) is 25.4 Å². The Morgan fingerprint density at radius 3 is 2.81 bits per heavy atom. The molecule has 0 spiro atoms. The minimum absolute atomic E-state index is 0.306. The normalized spacial score (nSPS) is 18.3. The monoisotopic (exact) mass is 376 g/mol. The standard InChI is InChI=1S/C17H14F2N4O2S/c18-17(19)6-12(7-20)23(10-17)14(24)9-21-15(25)13-8-22-16(26-13)11-4-2-1-3-5-11/h1-5,8,12H,6,9-10H2,(H,21,25)/t12-/m0/s1. The second-order valence-corrected chi connectivity index (χ2v) is 6.84. The van der Waals surface area contributed by atoms with Gasteiger partial charge in [-0.3, -0.25) is 9.59 Å². The molecule has 1 aliphatic heterocycles. The van der Waals surface area contributed by atoms with E-state index in [1.165, 1.54) is 6.20 Å². The molecule has 0 aliphatic carbocycles. The number of carbonyl (C=O) groups excluding carboxylic acids is 2. The van der Waals surface area contributed by atoms with E-state index in [1.807, 2.05) is 30.3 Å². The summed E-state index contributed by atoms with van der Waals surface area (Å²) in [6.07, 6.45) is 0.716. The highest BCUT2D eigenvalue weighted by Crippen LogP contribution is 2.31. The van der Waals surface area contributed by atoms with Crippen LogP contribution in [0.25, 0.3) is 10.6 Å². The third kappa shape index (κ3) is 3.86. The lowest BCUT2D eigenvalue weighted by Gasteiger charge is -2.19. The van der Waals surface area contributed by atoms with Gasteiger partial charge in [0.15, 0.2) is 0 Å². The second-order valence-electron chi connectivity index (χ2n) is 5.80. The maximum Gasteiger partial charge on any atom is 0.268 e. The molecule has 26 heavy (non-hydrogen) atoms. The quantitative estimate of drug-likeness (QED) is 0.887. The number of likely N-dealkylation sites (tertiary alicyclic amines) is 1. The summed E-state index contributed by atoms with van der Waals surface area (Å²) in [5, 5.41) is 12.0. The van der Waals surface area contributed by atoms with Gasteiger partial charge in [0.1, 0.15) is 15.9 Å². The first-order valence-electron chi connectivity index (χ1n) is 7.76. The third-order valence-electron chi connectivity index (χ3n) is 3.89. The minimum atomic E-state index is -3.08. The van der Waals surface area contributed by atoms with Gasteiger partial charge in [-0.05, 0) is 0 Å². The smallest absolute Gasteiger partial charge is 0.268 e. The predicted molar refractivity (Wildman–Crippen MR) is 90.6 cm³/mol. The number of nitrogens with one attached hydrogen (secondary N) is 1. The van der Waals surface area contributed by atoms with E-state index in [9.17, 15) is 18.4 Å². The van der Waals surface area contributed by atoms with Crippen molar-refractivity contribution in [3.05, 3.63) is 41.4 Å². The van der Waals surface area contributed by atoms with Crippen molar-refractivity contribution in [2.24, 2.45) is 0 Å². The largest absolute Gasteiger partial charge is 0.342 e. The zero-order valence-corrected chi connectivity index (χ0v) is 14.3. The fourth-order valence-corrected chi connectivity index (χ4v) is 3.47. The average molecular weight is 376 g/mol. The Morgan fingerprint density at radius 2 is 2.12 bits per heavy atom. The fourth-order valence-electron chi connectivity index (χ4n) is 2.63. The topological polar surface area (TPSA) is 86.1 Å². The van der Waals surface area contributed by atoms with Crippen LogP contribution >= 0.6 is 11.3 Å². The Morgan fingerprint density at radius 1 is 1.38 bits per heavy atom. The lowest BCUT2D eigenvalue weighted by Crippen LogP contribution is -2.42. The minimum Gasteiger partial charge on any atom is -0.342 e. The lowest BCUT2D eigenvalue weighted by molar-refractivity contribution is -0.131. The van der Waals surface area contributed by atoms with E-state index in [-0.39, 0.29) is 0 Å². The Hall–Kier alpha value is -2.86. The fraction of sp³-hybridized carbons (Fsp3) is 0.294. The number of benzene rings is 1. The van der Waals surface area contributed by atoms with Crippen molar-refractivity contribution < 1.29 is 18.4 Å². The number of carbonyl (C=O) groups is 2. The van der Waals surface area contributed by atoms with E-state index >= 15 is 0 Å². The SMILES string of the molecule is N#C[C@@H]1CC(F)(F)CN1C(=O)CNC(=O)c1cnc(-c2ccccc2)s1. The number of rotatable bonds is 4. The van der Waals surface area contributed by atoms with Gasteiger partial charge in [0, 0.05) is 12.0 Å². The number of aromatic nitrogens is 1. The number of alkyl halides is 2. The van der Waals surface area contributed by atoms with Gasteiger partial charge in [-0.15, -0.1) is 11.3 Å². The van der Waals surface area contributed by atoms with Crippen LogP contribution in [0, 0.1) is 11.3 Å². The van der Waals surface area contributed by atoms with E-state index in [2.05, 4.69) is 10.3 Å². The van der Waals surface area contributed by atoms with Crippen molar-refractivity contribution in [1.82, 2.24) is 15.2 Å². The molecule has 0 unspecified atom stereocenters. The molecule has 2 amide bonds. The summed E-state index contributed by atoms with van der Waals surface area (Å²) < 4.78 is 26.8. The van der Waals surface area contributed by atoms with Crippen LogP contribution in [0.2, 0.25) is 0 Å². The van der Waals surface area contributed by atoms with Gasteiger partial charge < -0.3 is 10.2 Å². The Labute approximate surface area is 152 Å². The van der Waals surface area contributed by atoms with Crippen LogP contribution in [-0.2, 0) is 4.79 Å². The number of halogens is 2. The molecule has 1 aromatic heterocycles. The summed E-state index contributed by atoms with van der Waals surface area (Å²) in [6, 6.07) is 9.81. The summed E-state index contributed by atoms with van der Waals surface area (Å²) >= 11 is 1.16. The molecule has 1 aliphatic rings. The number of hydrogen-bond donors (Lipinski definition) is 1. The Balaban J connectivity index is 1.60. The summed E-state index contributed by atoms with van der Waals surface area (Å²) in [6.45, 7) is -1.26. The van der Waals surface area contributed by atoms with Crippen LogP contribution in [0.5, 0.6) is 0 Å². The molecule has 2 heterocycles. The molecule has 1 N–H and O–H groups in total. The first-order valence-corrected chi connectivity index (χ1v) is 8.57. The molecular formula is C17H14F2N4O2S. The number of nitrogens with zero attached hydrogens (tertiary/aromatic N) is 3. The summed E-state index contributed by atoms with van der Waals surface area (Å²) in [5.41, 5.74) is 0.865. The maximum absolute atomic E-state index is 13.4. The van der Waals surface area contributed by atoms with E-state index < -0.39 is 43.3 Å². The van der Waals surface area contributed by atoms with E-state index in [1.54, 1.807) is 6.07 Å². The van der Waals surface area contributed by atoms with Crippen LogP contribution in [0.4, 0.5) is 8.78 Å². The van der Waals surface area contributed by atoms with Crippen LogP contribution in [0.1, 0.15) is 16.1 Å². The van der Waals surface area contributed by atoms with Gasteiger partial charge in [0.25, 0.3) is 11.8 Å². The molecule has 0 bridgehead atoms. The molecule has 6 nitrogen and oxygen atoms in total. The van der Waals surface area contributed by atoms with Crippen molar-refractivity contribution in [2.75, 3.05) is 13.1 Å². The summed E-state index contributed by atoms with van der Waals surface area (Å²) in [7, 11) is 0. The molecule has 2 aromatic rings. The number of hydrogen-bond acceptors (Lipinski definition) is 5. The Bertz CT molecular complexity index is 863. The predicted octanol–water partition coefficient (Wildman–Crippen LogP) is 2.30. The third-order valence-corrected chi connectivity index (χ3v) is 4.93. The molecule has 9 heteroatoms. The zero-order chi connectivity index (χ0) is 18.7. The average Bonchev–Trinajstić information content (AvgIpc) is 3.24.